The number of nitrogens with two attached hydrogens (primary N) is 1. The molecule has 3 nitrogen and oxygen atoms in total. The van der Waals surface area contributed by atoms with E-state index in [1.54, 1.807) is 0 Å². The molecule has 2 rings (SSSR count). The van der Waals surface area contributed by atoms with Gasteiger partial charge < -0.3 is 10.6 Å². The number of halogens is 1. The van der Waals surface area contributed by atoms with E-state index in [4.69, 9.17) is 5.73 Å². The first kappa shape index (κ1) is 13.9. The van der Waals surface area contributed by atoms with Gasteiger partial charge in [0.1, 0.15) is 5.82 Å². The highest BCUT2D eigenvalue weighted by atomic mass is 79.9. The number of nitrogens with zero attached hydrogens (tertiary/aromatic N) is 2. The summed E-state index contributed by atoms with van der Waals surface area (Å²) in [4.78, 5) is 6.71. The number of benzene rings is 1. The molecule has 1 heterocycles. The smallest absolute Gasteiger partial charge is 0.129 e. The van der Waals surface area contributed by atoms with Crippen LogP contribution in [0.1, 0.15) is 18.1 Å². The third kappa shape index (κ3) is 3.47. The highest BCUT2D eigenvalue weighted by Gasteiger charge is 2.08. The first-order chi connectivity index (χ1) is 9.10. The van der Waals surface area contributed by atoms with Crippen molar-refractivity contribution in [1.82, 2.24) is 4.98 Å². The molecule has 1 aromatic heterocycles. The van der Waals surface area contributed by atoms with E-state index in [9.17, 15) is 0 Å². The van der Waals surface area contributed by atoms with Gasteiger partial charge in [0.05, 0.1) is 0 Å². The molecule has 19 heavy (non-hydrogen) atoms. The van der Waals surface area contributed by atoms with Gasteiger partial charge in [-0.15, -0.1) is 0 Å². The van der Waals surface area contributed by atoms with Gasteiger partial charge in [-0.25, -0.2) is 4.98 Å². The zero-order valence-corrected chi connectivity index (χ0v) is 12.8. The van der Waals surface area contributed by atoms with Gasteiger partial charge in [0, 0.05) is 29.4 Å². The van der Waals surface area contributed by atoms with Crippen LogP contribution >= 0.6 is 15.9 Å². The van der Waals surface area contributed by atoms with E-state index in [1.165, 1.54) is 11.1 Å². The first-order valence-electron chi connectivity index (χ1n) is 6.31. The molecule has 100 valence electrons. The molecule has 0 unspecified atom stereocenters. The maximum atomic E-state index is 5.82. The second-order valence-corrected chi connectivity index (χ2v) is 5.41. The fourth-order valence-corrected chi connectivity index (χ4v) is 2.18. The molecule has 0 radical (unpaired) electrons. The van der Waals surface area contributed by atoms with Gasteiger partial charge in [-0.3, -0.25) is 0 Å². The molecule has 2 aromatic rings. The van der Waals surface area contributed by atoms with Crippen molar-refractivity contribution in [2.75, 3.05) is 17.2 Å². The highest BCUT2D eigenvalue weighted by molar-refractivity contribution is 9.10. The molecule has 0 bridgehead atoms. The Labute approximate surface area is 122 Å². The molecule has 1 aromatic carbocycles. The Hall–Kier alpha value is -1.55. The van der Waals surface area contributed by atoms with Gasteiger partial charge >= 0.3 is 0 Å². The quantitative estimate of drug-likeness (QED) is 0.872. The Bertz CT molecular complexity index is 569. The molecule has 0 amide bonds. The number of pyridine rings is 1. The molecular formula is C15H18BrN3. The monoisotopic (exact) mass is 319 g/mol. The van der Waals surface area contributed by atoms with Crippen LogP contribution in [-0.4, -0.2) is 11.5 Å². The summed E-state index contributed by atoms with van der Waals surface area (Å²) in [5.41, 5.74) is 9.01. The van der Waals surface area contributed by atoms with Crippen molar-refractivity contribution in [2.45, 2.75) is 20.4 Å². The van der Waals surface area contributed by atoms with E-state index in [1.807, 2.05) is 24.4 Å². The summed E-state index contributed by atoms with van der Waals surface area (Å²) in [5.74, 6) is 0.991. The van der Waals surface area contributed by atoms with Gasteiger partial charge in [-0.05, 0) is 59.1 Å². The molecule has 0 aliphatic rings. The first-order valence-corrected chi connectivity index (χ1v) is 7.11. The zero-order valence-electron chi connectivity index (χ0n) is 11.2. The average Bonchev–Trinajstić information content (AvgIpc) is 2.39. The van der Waals surface area contributed by atoms with Crippen LogP contribution in [0, 0.1) is 6.92 Å². The minimum Gasteiger partial charge on any atom is -0.399 e. The summed E-state index contributed by atoms with van der Waals surface area (Å²) in [6.07, 6.45) is 1.85. The number of anilines is 2. The van der Waals surface area contributed by atoms with E-state index in [0.29, 0.717) is 0 Å². The largest absolute Gasteiger partial charge is 0.399 e. The van der Waals surface area contributed by atoms with Crippen molar-refractivity contribution in [1.29, 1.82) is 0 Å². The van der Waals surface area contributed by atoms with Crippen molar-refractivity contribution >= 4 is 27.4 Å². The summed E-state index contributed by atoms with van der Waals surface area (Å²) in [6, 6.07) is 10.1. The van der Waals surface area contributed by atoms with Crippen LogP contribution in [0.25, 0.3) is 0 Å². The van der Waals surface area contributed by atoms with E-state index in [0.717, 1.165) is 29.1 Å². The highest BCUT2D eigenvalue weighted by Crippen LogP contribution is 2.21. The molecule has 0 aliphatic heterocycles. The molecule has 0 saturated heterocycles. The predicted octanol–water partition coefficient (Wildman–Crippen LogP) is 3.76. The van der Waals surface area contributed by atoms with Crippen molar-refractivity contribution in [3.8, 4) is 0 Å². The minimum absolute atomic E-state index is 0.800. The molecule has 0 aliphatic carbocycles. The lowest BCUT2D eigenvalue weighted by atomic mass is 10.2. The van der Waals surface area contributed by atoms with Gasteiger partial charge in [0.25, 0.3) is 0 Å². The number of nitrogen functional groups attached to an aromatic ring is 1. The topological polar surface area (TPSA) is 42.1 Å². The number of rotatable bonds is 4. The summed E-state index contributed by atoms with van der Waals surface area (Å²) >= 11 is 3.48. The lowest BCUT2D eigenvalue weighted by Gasteiger charge is -2.22. The Morgan fingerprint density at radius 2 is 2.11 bits per heavy atom. The van der Waals surface area contributed by atoms with E-state index >= 15 is 0 Å². The van der Waals surface area contributed by atoms with Gasteiger partial charge in [0.2, 0.25) is 0 Å². The lowest BCUT2D eigenvalue weighted by molar-refractivity contribution is 0.812. The van der Waals surface area contributed by atoms with Crippen molar-refractivity contribution in [2.24, 2.45) is 0 Å². The maximum absolute atomic E-state index is 5.82. The van der Waals surface area contributed by atoms with Crippen LogP contribution in [0.5, 0.6) is 0 Å². The van der Waals surface area contributed by atoms with Crippen LogP contribution < -0.4 is 10.6 Å². The van der Waals surface area contributed by atoms with Crippen LogP contribution in [0.4, 0.5) is 11.5 Å². The summed E-state index contributed by atoms with van der Waals surface area (Å²) in [5, 5.41) is 0. The normalized spacial score (nSPS) is 10.5. The summed E-state index contributed by atoms with van der Waals surface area (Å²) < 4.78 is 1.04. The third-order valence-electron chi connectivity index (χ3n) is 3.06. The Morgan fingerprint density at radius 1 is 1.32 bits per heavy atom. The number of aryl methyl sites for hydroxylation is 1. The minimum atomic E-state index is 0.800. The van der Waals surface area contributed by atoms with Crippen LogP contribution in [0.15, 0.2) is 41.0 Å². The van der Waals surface area contributed by atoms with E-state index < -0.39 is 0 Å². The molecule has 0 spiro atoms. The number of aromatic nitrogens is 1. The molecule has 2 N–H and O–H groups in total. The zero-order chi connectivity index (χ0) is 13.8. The number of hydrogen-bond donors (Lipinski definition) is 1. The maximum Gasteiger partial charge on any atom is 0.129 e. The second-order valence-electron chi connectivity index (χ2n) is 4.55. The Morgan fingerprint density at radius 3 is 2.74 bits per heavy atom. The predicted molar refractivity (Wildman–Crippen MR) is 84.3 cm³/mol. The average molecular weight is 320 g/mol. The van der Waals surface area contributed by atoms with Crippen molar-refractivity contribution < 1.29 is 0 Å². The van der Waals surface area contributed by atoms with Gasteiger partial charge in [-0.1, -0.05) is 12.1 Å². The Balaban J connectivity index is 2.22. The SMILES string of the molecule is CCN(Cc1cccc(N)c1)c1cc(C)c(Br)cn1. The van der Waals surface area contributed by atoms with Crippen molar-refractivity contribution in [3.05, 3.63) is 52.1 Å². The van der Waals surface area contributed by atoms with Gasteiger partial charge in [-0.2, -0.15) is 0 Å². The fourth-order valence-electron chi connectivity index (χ4n) is 1.96. The van der Waals surface area contributed by atoms with Crippen LogP contribution in [0.2, 0.25) is 0 Å². The molecule has 0 atom stereocenters. The van der Waals surface area contributed by atoms with Crippen molar-refractivity contribution in [3.63, 3.8) is 0 Å². The van der Waals surface area contributed by atoms with Gasteiger partial charge in [0.15, 0.2) is 0 Å². The molecular weight excluding hydrogens is 302 g/mol. The molecule has 0 fully saturated rings. The number of hydrogen-bond acceptors (Lipinski definition) is 3. The summed E-state index contributed by atoms with van der Waals surface area (Å²) in [6.45, 7) is 5.92. The molecule has 0 saturated carbocycles. The van der Waals surface area contributed by atoms with Crippen LogP contribution in [0.3, 0.4) is 0 Å². The lowest BCUT2D eigenvalue weighted by Crippen LogP contribution is -2.23. The van der Waals surface area contributed by atoms with E-state index in [2.05, 4.69) is 51.8 Å². The Kier molecular flexibility index (Phi) is 4.43. The van der Waals surface area contributed by atoms with E-state index in [-0.39, 0.29) is 0 Å². The van der Waals surface area contributed by atoms with Crippen LogP contribution in [-0.2, 0) is 6.54 Å². The molecule has 4 heteroatoms. The second kappa shape index (κ2) is 6.06. The third-order valence-corrected chi connectivity index (χ3v) is 3.89. The summed E-state index contributed by atoms with van der Waals surface area (Å²) in [7, 11) is 0. The standard InChI is InChI=1S/C15H18BrN3/c1-3-19(10-12-5-4-6-13(17)8-12)15-7-11(2)14(16)9-18-15/h4-9H,3,10,17H2,1-2H3. The fraction of sp³-hybridized carbons (Fsp3) is 0.267.